The van der Waals surface area contributed by atoms with Crippen LogP contribution in [-0.2, 0) is 0 Å². The molecule has 2 heteroatoms. The summed E-state index contributed by atoms with van der Waals surface area (Å²) in [5.41, 5.74) is 0. The van der Waals surface area contributed by atoms with Crippen molar-refractivity contribution in [3.05, 3.63) is 0 Å². The molecule has 2 saturated heterocycles. The number of rotatable bonds is 0. The van der Waals surface area contributed by atoms with E-state index in [4.69, 9.17) is 0 Å². The second-order valence-electron chi connectivity index (χ2n) is 2.61. The van der Waals surface area contributed by atoms with E-state index in [-0.39, 0.29) is 0 Å². The van der Waals surface area contributed by atoms with Gasteiger partial charge in [0.1, 0.15) is 0 Å². The van der Waals surface area contributed by atoms with E-state index >= 15 is 0 Å². The standard InChI is InChI=1S/C6H10N2/c1-2-8-6-4-7-3-5(1)6/h5-6H,1-4H2/t5-,6+/m1/s1. The van der Waals surface area contributed by atoms with Crippen molar-refractivity contribution in [3.63, 3.8) is 0 Å². The van der Waals surface area contributed by atoms with Gasteiger partial charge in [-0.25, -0.2) is 10.6 Å². The molecule has 2 atom stereocenters. The Hall–Kier alpha value is -0.0800. The van der Waals surface area contributed by atoms with Gasteiger partial charge in [-0.15, -0.1) is 0 Å². The fraction of sp³-hybridized carbons (Fsp3) is 1.00. The van der Waals surface area contributed by atoms with E-state index in [0.717, 1.165) is 25.6 Å². The molecule has 0 aromatic rings. The number of hydrogen-bond acceptors (Lipinski definition) is 0. The average Bonchev–Trinajstić information content (AvgIpc) is 2.15. The molecule has 0 aromatic carbocycles. The quantitative estimate of drug-likeness (QED) is 0.406. The summed E-state index contributed by atoms with van der Waals surface area (Å²) in [6.45, 7) is 3.21. The topological polar surface area (TPSA) is 28.2 Å². The molecule has 2 aliphatic rings. The van der Waals surface area contributed by atoms with Gasteiger partial charge in [0, 0.05) is 25.7 Å². The molecule has 44 valence electrons. The molecule has 0 aliphatic carbocycles. The van der Waals surface area contributed by atoms with Crippen LogP contribution < -0.4 is 10.6 Å². The highest BCUT2D eigenvalue weighted by Gasteiger charge is 2.32. The van der Waals surface area contributed by atoms with Gasteiger partial charge in [-0.2, -0.15) is 0 Å². The lowest BCUT2D eigenvalue weighted by atomic mass is 10.1. The molecule has 0 unspecified atom stereocenters. The zero-order valence-electron chi connectivity index (χ0n) is 4.88. The summed E-state index contributed by atoms with van der Waals surface area (Å²) >= 11 is 0. The Morgan fingerprint density at radius 1 is 1.25 bits per heavy atom. The molecule has 8 heavy (non-hydrogen) atoms. The highest BCUT2D eigenvalue weighted by molar-refractivity contribution is 4.90. The van der Waals surface area contributed by atoms with Gasteiger partial charge in [0.25, 0.3) is 0 Å². The van der Waals surface area contributed by atoms with Crippen LogP contribution in [0, 0.1) is 5.92 Å². The summed E-state index contributed by atoms with van der Waals surface area (Å²) in [7, 11) is 0. The van der Waals surface area contributed by atoms with Crippen molar-refractivity contribution >= 4 is 0 Å². The lowest BCUT2D eigenvalue weighted by molar-refractivity contribution is 0.550. The van der Waals surface area contributed by atoms with E-state index in [9.17, 15) is 0 Å². The van der Waals surface area contributed by atoms with Crippen LogP contribution in [0.5, 0.6) is 0 Å². The second kappa shape index (κ2) is 1.71. The van der Waals surface area contributed by atoms with Crippen molar-refractivity contribution in [1.82, 2.24) is 10.6 Å². The first-order valence-electron chi connectivity index (χ1n) is 3.26. The molecule has 2 rings (SSSR count). The van der Waals surface area contributed by atoms with Crippen molar-refractivity contribution in [2.75, 3.05) is 19.6 Å². The van der Waals surface area contributed by atoms with Crippen LogP contribution >= 0.6 is 0 Å². The van der Waals surface area contributed by atoms with Gasteiger partial charge in [0.15, 0.2) is 0 Å². The van der Waals surface area contributed by atoms with Crippen molar-refractivity contribution in [1.29, 1.82) is 0 Å². The van der Waals surface area contributed by atoms with Crippen molar-refractivity contribution in [3.8, 4) is 0 Å². The normalized spacial score (nSPS) is 45.0. The second-order valence-corrected chi connectivity index (χ2v) is 2.61. The lowest BCUT2D eigenvalue weighted by Crippen LogP contribution is -2.20. The molecule has 0 amide bonds. The first-order chi connectivity index (χ1) is 3.97. The first kappa shape index (κ1) is 4.77. The zero-order chi connectivity index (χ0) is 5.40. The van der Waals surface area contributed by atoms with Crippen LogP contribution in [-0.4, -0.2) is 25.7 Å². The van der Waals surface area contributed by atoms with E-state index in [1.54, 1.807) is 0 Å². The fourth-order valence-electron chi connectivity index (χ4n) is 1.54. The van der Waals surface area contributed by atoms with Crippen LogP contribution in [0.25, 0.3) is 0 Å². The molecule has 0 saturated carbocycles. The molecular formula is C6H10N2. The number of fused-ring (bicyclic) bond motifs is 1. The third-order valence-electron chi connectivity index (χ3n) is 2.09. The van der Waals surface area contributed by atoms with Crippen LogP contribution in [0.3, 0.4) is 0 Å². The van der Waals surface area contributed by atoms with Gasteiger partial charge in [-0.05, 0) is 12.3 Å². The molecule has 2 fully saturated rings. The maximum atomic E-state index is 4.40. The van der Waals surface area contributed by atoms with Gasteiger partial charge >= 0.3 is 0 Å². The Morgan fingerprint density at radius 2 is 2.25 bits per heavy atom. The van der Waals surface area contributed by atoms with Crippen molar-refractivity contribution in [2.24, 2.45) is 5.92 Å². The summed E-state index contributed by atoms with van der Waals surface area (Å²) in [4.78, 5) is 0. The van der Waals surface area contributed by atoms with Crippen LogP contribution in [0.1, 0.15) is 6.42 Å². The third-order valence-corrected chi connectivity index (χ3v) is 2.09. The molecule has 0 N–H and O–H groups in total. The van der Waals surface area contributed by atoms with Crippen LogP contribution in [0.4, 0.5) is 0 Å². The summed E-state index contributed by atoms with van der Waals surface area (Å²) < 4.78 is 0. The maximum absolute atomic E-state index is 4.40. The van der Waals surface area contributed by atoms with E-state index in [0.29, 0.717) is 6.04 Å². The number of nitrogens with zero attached hydrogens (tertiary/aromatic N) is 2. The number of hydrogen-bond donors (Lipinski definition) is 0. The lowest BCUT2D eigenvalue weighted by Gasteiger charge is -2.01. The van der Waals surface area contributed by atoms with Crippen molar-refractivity contribution in [2.45, 2.75) is 12.5 Å². The zero-order valence-corrected chi connectivity index (χ0v) is 4.88. The van der Waals surface area contributed by atoms with Gasteiger partial charge in [0.2, 0.25) is 0 Å². The summed E-state index contributed by atoms with van der Waals surface area (Å²) in [5.74, 6) is 0.843. The predicted octanol–water partition coefficient (Wildman–Crippen LogP) is -0.403. The smallest absolute Gasteiger partial charge is 0.0428 e. The minimum atomic E-state index is 0.634. The van der Waals surface area contributed by atoms with E-state index in [2.05, 4.69) is 10.6 Å². The minimum absolute atomic E-state index is 0.634. The van der Waals surface area contributed by atoms with Gasteiger partial charge < -0.3 is 0 Å². The fourth-order valence-corrected chi connectivity index (χ4v) is 1.54. The Bertz CT molecular complexity index is 72.5. The van der Waals surface area contributed by atoms with Gasteiger partial charge in [0.05, 0.1) is 0 Å². The third kappa shape index (κ3) is 0.565. The van der Waals surface area contributed by atoms with E-state index in [1.165, 1.54) is 6.42 Å². The molecule has 2 heterocycles. The highest BCUT2D eigenvalue weighted by atomic mass is 15.1. The minimum Gasteiger partial charge on any atom is -0.240 e. The van der Waals surface area contributed by atoms with Crippen LogP contribution in [0.2, 0.25) is 0 Å². The Labute approximate surface area is 49.7 Å². The van der Waals surface area contributed by atoms with E-state index < -0.39 is 0 Å². The molecule has 2 radical (unpaired) electrons. The summed E-state index contributed by atoms with van der Waals surface area (Å²) in [6.07, 6.45) is 1.30. The molecule has 2 nitrogen and oxygen atoms in total. The Morgan fingerprint density at radius 3 is 3.12 bits per heavy atom. The Kier molecular flexibility index (Phi) is 1.02. The molecule has 2 aliphatic heterocycles. The summed E-state index contributed by atoms with van der Waals surface area (Å²) in [5, 5.41) is 8.68. The highest BCUT2D eigenvalue weighted by Crippen LogP contribution is 2.20. The molecular weight excluding hydrogens is 100 g/mol. The molecule has 0 bridgehead atoms. The van der Waals surface area contributed by atoms with Crippen LogP contribution in [0.15, 0.2) is 0 Å². The Balaban J connectivity index is 2.04. The summed E-state index contributed by atoms with van der Waals surface area (Å²) in [6, 6.07) is 0.634. The average molecular weight is 110 g/mol. The molecule has 0 spiro atoms. The van der Waals surface area contributed by atoms with Gasteiger partial charge in [-0.3, -0.25) is 0 Å². The largest absolute Gasteiger partial charge is 0.240 e. The predicted molar refractivity (Wildman–Crippen MR) is 30.8 cm³/mol. The molecule has 0 aromatic heterocycles. The SMILES string of the molecule is C1C[C@@H]2C[N]C[C@@H]2[N]1. The first-order valence-corrected chi connectivity index (χ1v) is 3.26. The monoisotopic (exact) mass is 110 g/mol. The van der Waals surface area contributed by atoms with Gasteiger partial charge in [-0.1, -0.05) is 0 Å². The van der Waals surface area contributed by atoms with Crippen molar-refractivity contribution < 1.29 is 0 Å². The van der Waals surface area contributed by atoms with E-state index in [1.807, 2.05) is 0 Å². The maximum Gasteiger partial charge on any atom is 0.0428 e.